The van der Waals surface area contributed by atoms with Gasteiger partial charge in [-0.15, -0.1) is 11.3 Å². The molecule has 0 aliphatic carbocycles. The summed E-state index contributed by atoms with van der Waals surface area (Å²) >= 11 is 1.13. The second-order valence-corrected chi connectivity index (χ2v) is 3.90. The Hall–Kier alpha value is -1.62. The lowest BCUT2D eigenvalue weighted by molar-refractivity contribution is -0.134. The average Bonchev–Trinajstić information content (AvgIpc) is 2.56. The molecule has 1 heterocycles. The summed E-state index contributed by atoms with van der Waals surface area (Å²) in [5, 5.41) is 8.74. The molecule has 0 bridgehead atoms. The maximum absolute atomic E-state index is 10.8. The minimum absolute atomic E-state index is 0.261. The largest absolute Gasteiger partial charge is 0.477 e. The van der Waals surface area contributed by atoms with Gasteiger partial charge in [0.25, 0.3) is 0 Å². The Bertz CT molecular complexity index is 417. The number of hydrogen-bond acceptors (Lipinski definition) is 4. The summed E-state index contributed by atoms with van der Waals surface area (Å²) in [4.78, 5) is 22.5. The molecule has 1 aromatic rings. The maximum atomic E-state index is 10.8. The van der Waals surface area contributed by atoms with E-state index in [1.165, 1.54) is 13.2 Å². The van der Waals surface area contributed by atoms with Crippen LogP contribution in [0.3, 0.4) is 0 Å². The van der Waals surface area contributed by atoms with Gasteiger partial charge in [-0.1, -0.05) is 0 Å². The zero-order chi connectivity index (χ0) is 11.4. The summed E-state index contributed by atoms with van der Waals surface area (Å²) in [7, 11) is 1.29. The fourth-order valence-electron chi connectivity index (χ4n) is 0.979. The first-order valence-electron chi connectivity index (χ1n) is 4.14. The maximum Gasteiger partial charge on any atom is 0.345 e. The van der Waals surface area contributed by atoms with Gasteiger partial charge in [-0.25, -0.2) is 9.59 Å². The van der Waals surface area contributed by atoms with E-state index in [4.69, 9.17) is 5.11 Å². The minimum Gasteiger partial charge on any atom is -0.477 e. The van der Waals surface area contributed by atoms with Gasteiger partial charge >= 0.3 is 11.9 Å². The Kier molecular flexibility index (Phi) is 3.62. The van der Waals surface area contributed by atoms with Gasteiger partial charge in [0, 0.05) is 11.0 Å². The van der Waals surface area contributed by atoms with Crippen LogP contribution in [0.15, 0.2) is 12.1 Å². The van der Waals surface area contributed by atoms with Crippen molar-refractivity contribution in [2.45, 2.75) is 6.92 Å². The number of thiophene rings is 1. The highest BCUT2D eigenvalue weighted by Crippen LogP contribution is 2.23. The fraction of sp³-hybridized carbons (Fsp3) is 0.200. The second kappa shape index (κ2) is 4.75. The highest BCUT2D eigenvalue weighted by molar-refractivity contribution is 7.15. The Labute approximate surface area is 90.8 Å². The van der Waals surface area contributed by atoms with Crippen LogP contribution in [0.1, 0.15) is 20.1 Å². The van der Waals surface area contributed by atoms with Gasteiger partial charge in [-0.3, -0.25) is 0 Å². The molecule has 0 fully saturated rings. The highest BCUT2D eigenvalue weighted by Gasteiger charge is 2.09. The predicted octanol–water partition coefficient (Wildman–Crippen LogP) is 1.94. The summed E-state index contributed by atoms with van der Waals surface area (Å²) in [6.07, 6.45) is 2.82. The normalized spacial score (nSPS) is 10.5. The van der Waals surface area contributed by atoms with Crippen molar-refractivity contribution in [1.82, 2.24) is 0 Å². The molecule has 5 heteroatoms. The molecule has 0 aliphatic rings. The van der Waals surface area contributed by atoms with Crippen molar-refractivity contribution < 1.29 is 19.4 Å². The third-order valence-corrected chi connectivity index (χ3v) is 2.93. The molecular formula is C10H10O4S. The van der Waals surface area contributed by atoms with E-state index in [-0.39, 0.29) is 4.88 Å². The number of carboxylic acids is 1. The minimum atomic E-state index is -0.958. The second-order valence-electron chi connectivity index (χ2n) is 2.82. The molecule has 80 valence electrons. The van der Waals surface area contributed by atoms with Crippen molar-refractivity contribution in [1.29, 1.82) is 0 Å². The van der Waals surface area contributed by atoms with Crippen LogP contribution in [-0.2, 0) is 9.53 Å². The molecule has 0 aliphatic heterocycles. The number of methoxy groups -OCH3 is 1. The topological polar surface area (TPSA) is 63.6 Å². The number of carbonyl (C=O) groups excluding carboxylic acids is 1. The van der Waals surface area contributed by atoms with Gasteiger partial charge < -0.3 is 9.84 Å². The molecule has 1 rings (SSSR count). The van der Waals surface area contributed by atoms with E-state index < -0.39 is 11.9 Å². The fourth-order valence-corrected chi connectivity index (χ4v) is 1.89. The summed E-state index contributed by atoms with van der Waals surface area (Å²) < 4.78 is 4.43. The zero-order valence-electron chi connectivity index (χ0n) is 8.31. The molecule has 0 radical (unpaired) electrons. The Morgan fingerprint density at radius 3 is 2.67 bits per heavy atom. The van der Waals surface area contributed by atoms with Crippen molar-refractivity contribution >= 4 is 29.4 Å². The molecule has 0 atom stereocenters. The van der Waals surface area contributed by atoms with Crippen LogP contribution < -0.4 is 0 Å². The SMILES string of the molecule is COC(=O)C=Cc1sc(C(=O)O)cc1C. The molecule has 0 aromatic carbocycles. The number of carboxylic acid groups (broad SMARTS) is 1. The standard InChI is InChI=1S/C10H10O4S/c1-6-5-8(10(12)13)15-7(6)3-4-9(11)14-2/h3-5H,1-2H3,(H,12,13). The van der Waals surface area contributed by atoms with E-state index in [1.807, 2.05) is 0 Å². The highest BCUT2D eigenvalue weighted by atomic mass is 32.1. The van der Waals surface area contributed by atoms with Crippen molar-refractivity contribution in [3.63, 3.8) is 0 Å². The third-order valence-electron chi connectivity index (χ3n) is 1.74. The lowest BCUT2D eigenvalue weighted by Gasteiger charge is -1.90. The number of ether oxygens (including phenoxy) is 1. The van der Waals surface area contributed by atoms with Crippen molar-refractivity contribution in [2.24, 2.45) is 0 Å². The summed E-state index contributed by atoms with van der Waals surface area (Å²) in [5.74, 6) is -1.42. The molecular weight excluding hydrogens is 216 g/mol. The summed E-state index contributed by atoms with van der Waals surface area (Å²) in [5.41, 5.74) is 0.831. The molecule has 0 amide bonds. The van der Waals surface area contributed by atoms with E-state index in [0.717, 1.165) is 21.8 Å². The summed E-state index contributed by atoms with van der Waals surface area (Å²) in [6, 6.07) is 1.57. The molecule has 0 spiro atoms. The molecule has 1 aromatic heterocycles. The van der Waals surface area contributed by atoms with E-state index in [1.54, 1.807) is 19.1 Å². The van der Waals surface area contributed by atoms with Crippen molar-refractivity contribution in [2.75, 3.05) is 7.11 Å². The van der Waals surface area contributed by atoms with Crippen LogP contribution in [0, 0.1) is 6.92 Å². The lowest BCUT2D eigenvalue weighted by atomic mass is 10.2. The van der Waals surface area contributed by atoms with Crippen LogP contribution in [0.25, 0.3) is 6.08 Å². The quantitative estimate of drug-likeness (QED) is 0.632. The van der Waals surface area contributed by atoms with Gasteiger partial charge in [0.15, 0.2) is 0 Å². The number of esters is 1. The number of aryl methyl sites for hydroxylation is 1. The van der Waals surface area contributed by atoms with Gasteiger partial charge in [0.05, 0.1) is 7.11 Å². The average molecular weight is 226 g/mol. The lowest BCUT2D eigenvalue weighted by Crippen LogP contribution is -1.92. The van der Waals surface area contributed by atoms with Crippen LogP contribution in [0.5, 0.6) is 0 Å². The summed E-state index contributed by atoms with van der Waals surface area (Å²) in [6.45, 7) is 1.79. The van der Waals surface area contributed by atoms with Crippen LogP contribution in [0.2, 0.25) is 0 Å². The van der Waals surface area contributed by atoms with Gasteiger partial charge in [0.2, 0.25) is 0 Å². The molecule has 0 saturated carbocycles. The first kappa shape index (κ1) is 11.5. The Morgan fingerprint density at radius 2 is 2.20 bits per heavy atom. The van der Waals surface area contributed by atoms with Crippen molar-refractivity contribution in [3.8, 4) is 0 Å². The van der Waals surface area contributed by atoms with Gasteiger partial charge in [-0.2, -0.15) is 0 Å². The van der Waals surface area contributed by atoms with Crippen LogP contribution >= 0.6 is 11.3 Å². The number of hydrogen-bond donors (Lipinski definition) is 1. The number of rotatable bonds is 3. The van der Waals surface area contributed by atoms with E-state index in [9.17, 15) is 9.59 Å². The third kappa shape index (κ3) is 2.92. The first-order chi connectivity index (χ1) is 7.04. The number of aromatic carboxylic acids is 1. The molecule has 4 nitrogen and oxygen atoms in total. The molecule has 0 saturated heterocycles. The predicted molar refractivity (Wildman–Crippen MR) is 57.1 cm³/mol. The van der Waals surface area contributed by atoms with Gasteiger partial charge in [0.1, 0.15) is 4.88 Å². The Balaban J connectivity index is 2.91. The smallest absolute Gasteiger partial charge is 0.345 e. The zero-order valence-corrected chi connectivity index (χ0v) is 9.13. The first-order valence-corrected chi connectivity index (χ1v) is 4.96. The van der Waals surface area contributed by atoms with E-state index in [2.05, 4.69) is 4.74 Å². The van der Waals surface area contributed by atoms with Crippen LogP contribution in [0.4, 0.5) is 0 Å². The molecule has 15 heavy (non-hydrogen) atoms. The van der Waals surface area contributed by atoms with Crippen molar-refractivity contribution in [3.05, 3.63) is 27.5 Å². The van der Waals surface area contributed by atoms with E-state index in [0.29, 0.717) is 0 Å². The van der Waals surface area contributed by atoms with Crippen LogP contribution in [-0.4, -0.2) is 24.2 Å². The monoisotopic (exact) mass is 226 g/mol. The molecule has 1 N–H and O–H groups in total. The van der Waals surface area contributed by atoms with E-state index >= 15 is 0 Å². The van der Waals surface area contributed by atoms with Gasteiger partial charge in [-0.05, 0) is 24.6 Å². The Morgan fingerprint density at radius 1 is 1.53 bits per heavy atom. The molecule has 0 unspecified atom stereocenters. The number of carbonyl (C=O) groups is 2.